The second-order valence-electron chi connectivity index (χ2n) is 6.51. The Labute approximate surface area is 143 Å². The molecule has 8 heteroatoms. The molecule has 1 aliphatic rings. The molecule has 2 rings (SSSR count). The van der Waals surface area contributed by atoms with Crippen LogP contribution in [0.15, 0.2) is 18.2 Å². The third kappa shape index (κ3) is 4.31. The lowest BCUT2D eigenvalue weighted by molar-refractivity contribution is -0.188. The summed E-state index contributed by atoms with van der Waals surface area (Å²) in [5, 5.41) is 11.7. The lowest BCUT2D eigenvalue weighted by Gasteiger charge is -2.24. The fraction of sp³-hybridized carbons (Fsp3) is 0.529. The Morgan fingerprint density at radius 2 is 1.88 bits per heavy atom. The van der Waals surface area contributed by atoms with Crippen molar-refractivity contribution in [3.8, 4) is 0 Å². The molecule has 1 fully saturated rings. The van der Waals surface area contributed by atoms with Gasteiger partial charge in [-0.25, -0.2) is 0 Å². The van der Waals surface area contributed by atoms with Gasteiger partial charge in [0.15, 0.2) is 0 Å². The number of nitrogens with zero attached hydrogens (tertiary/aromatic N) is 1. The summed E-state index contributed by atoms with van der Waals surface area (Å²) < 4.78 is 39.1. The van der Waals surface area contributed by atoms with Crippen molar-refractivity contribution in [3.05, 3.63) is 29.3 Å². The van der Waals surface area contributed by atoms with E-state index in [1.54, 1.807) is 12.1 Å². The Kier molecular flexibility index (Phi) is 5.41. The quantitative estimate of drug-likeness (QED) is 0.868. The van der Waals surface area contributed by atoms with E-state index in [4.69, 9.17) is 5.11 Å². The van der Waals surface area contributed by atoms with E-state index >= 15 is 0 Å². The summed E-state index contributed by atoms with van der Waals surface area (Å²) in [5.74, 6) is -5.49. The Bertz CT molecular complexity index is 676. The fourth-order valence-corrected chi connectivity index (χ4v) is 2.96. The van der Waals surface area contributed by atoms with E-state index in [0.717, 1.165) is 11.1 Å². The first-order valence-corrected chi connectivity index (χ1v) is 7.92. The van der Waals surface area contributed by atoms with Crippen LogP contribution in [0, 0.1) is 25.7 Å². The van der Waals surface area contributed by atoms with Crippen molar-refractivity contribution < 1.29 is 27.9 Å². The number of halogens is 3. The van der Waals surface area contributed by atoms with Gasteiger partial charge in [-0.05, 0) is 44.0 Å². The number of carbonyl (C=O) groups is 2. The molecule has 1 aromatic rings. The zero-order chi connectivity index (χ0) is 18.9. The van der Waals surface area contributed by atoms with Crippen LogP contribution in [0.5, 0.6) is 0 Å². The maximum atomic E-state index is 13.0. The van der Waals surface area contributed by atoms with Crippen molar-refractivity contribution in [1.29, 1.82) is 0 Å². The highest BCUT2D eigenvalue weighted by molar-refractivity contribution is 5.94. The highest BCUT2D eigenvalue weighted by Gasteiger charge is 2.53. The summed E-state index contributed by atoms with van der Waals surface area (Å²) in [6, 6.07) is 4.47. The van der Waals surface area contributed by atoms with Crippen LogP contribution in [0.3, 0.4) is 0 Å². The summed E-state index contributed by atoms with van der Waals surface area (Å²) in [7, 11) is 0. The normalized spacial score (nSPS) is 22.6. The molecule has 138 valence electrons. The second-order valence-corrected chi connectivity index (χ2v) is 6.51. The van der Waals surface area contributed by atoms with E-state index < -0.39 is 42.5 Å². The van der Waals surface area contributed by atoms with E-state index in [0.29, 0.717) is 5.69 Å². The van der Waals surface area contributed by atoms with Crippen LogP contribution in [-0.4, -0.2) is 47.2 Å². The van der Waals surface area contributed by atoms with E-state index in [1.165, 1.54) is 11.8 Å². The van der Waals surface area contributed by atoms with Gasteiger partial charge < -0.3 is 10.4 Å². The predicted molar refractivity (Wildman–Crippen MR) is 86.3 cm³/mol. The number of hydrogen-bond acceptors (Lipinski definition) is 3. The minimum absolute atomic E-state index is 0.305. The predicted octanol–water partition coefficient (Wildman–Crippen LogP) is 2.83. The van der Waals surface area contributed by atoms with E-state index in [2.05, 4.69) is 5.32 Å². The summed E-state index contributed by atoms with van der Waals surface area (Å²) in [6.45, 7) is 4.49. The van der Waals surface area contributed by atoms with Gasteiger partial charge in [-0.15, -0.1) is 0 Å². The van der Waals surface area contributed by atoms with E-state index in [1.807, 2.05) is 19.9 Å². The van der Waals surface area contributed by atoms with Gasteiger partial charge in [0.2, 0.25) is 5.91 Å². The average molecular weight is 358 g/mol. The molecule has 1 aromatic carbocycles. The fourth-order valence-electron chi connectivity index (χ4n) is 2.96. The topological polar surface area (TPSA) is 69.6 Å². The van der Waals surface area contributed by atoms with Crippen LogP contribution in [0.2, 0.25) is 0 Å². The molecule has 25 heavy (non-hydrogen) atoms. The number of carboxylic acid groups (broad SMARTS) is 1. The van der Waals surface area contributed by atoms with Crippen molar-refractivity contribution in [2.24, 2.45) is 11.8 Å². The van der Waals surface area contributed by atoms with Crippen LogP contribution in [-0.2, 0) is 9.59 Å². The lowest BCUT2D eigenvalue weighted by Crippen LogP contribution is -2.41. The number of aryl methyl sites for hydroxylation is 2. The Morgan fingerprint density at radius 1 is 1.24 bits per heavy atom. The zero-order valence-electron chi connectivity index (χ0n) is 14.2. The molecule has 0 spiro atoms. The van der Waals surface area contributed by atoms with Gasteiger partial charge in [0, 0.05) is 18.8 Å². The second kappa shape index (κ2) is 7.03. The molecule has 1 unspecified atom stereocenters. The molecule has 0 saturated carbocycles. The van der Waals surface area contributed by atoms with Gasteiger partial charge in [0.1, 0.15) is 0 Å². The number of benzene rings is 1. The average Bonchev–Trinajstić information content (AvgIpc) is 2.96. The van der Waals surface area contributed by atoms with Crippen molar-refractivity contribution in [1.82, 2.24) is 4.90 Å². The SMILES string of the molecule is Cc1ccc(NC(=O)C(C)N2C[C@@H](C(F)(F)F)[C@H](C(=O)O)C2)cc1C. The maximum absolute atomic E-state index is 13.0. The van der Waals surface area contributed by atoms with Crippen LogP contribution in [0.25, 0.3) is 0 Å². The minimum Gasteiger partial charge on any atom is -0.481 e. The smallest absolute Gasteiger partial charge is 0.393 e. The number of amides is 1. The highest BCUT2D eigenvalue weighted by Crippen LogP contribution is 2.38. The molecular formula is C17H21F3N2O3. The van der Waals surface area contributed by atoms with Gasteiger partial charge in [0.25, 0.3) is 0 Å². The number of nitrogens with one attached hydrogen (secondary N) is 1. The molecule has 5 nitrogen and oxygen atoms in total. The summed E-state index contributed by atoms with van der Waals surface area (Å²) >= 11 is 0. The van der Waals surface area contributed by atoms with Crippen molar-refractivity contribution in [2.45, 2.75) is 33.0 Å². The number of anilines is 1. The van der Waals surface area contributed by atoms with Gasteiger partial charge in [0.05, 0.1) is 17.9 Å². The molecule has 0 radical (unpaired) electrons. The lowest BCUT2D eigenvalue weighted by atomic mass is 9.96. The van der Waals surface area contributed by atoms with E-state index in [-0.39, 0.29) is 6.54 Å². The molecule has 1 heterocycles. The third-order valence-corrected chi connectivity index (χ3v) is 4.79. The number of carbonyl (C=O) groups excluding carboxylic acids is 1. The molecule has 1 saturated heterocycles. The molecule has 0 aliphatic carbocycles. The molecule has 0 bridgehead atoms. The monoisotopic (exact) mass is 358 g/mol. The Balaban J connectivity index is 2.09. The van der Waals surface area contributed by atoms with Crippen LogP contribution < -0.4 is 5.32 Å². The number of carboxylic acids is 1. The summed E-state index contributed by atoms with van der Waals surface area (Å²) in [5.41, 5.74) is 2.60. The zero-order valence-corrected chi connectivity index (χ0v) is 14.2. The van der Waals surface area contributed by atoms with Gasteiger partial charge in [-0.1, -0.05) is 6.07 Å². The number of alkyl halides is 3. The van der Waals surface area contributed by atoms with Crippen LogP contribution in [0.1, 0.15) is 18.1 Å². The molecule has 0 aromatic heterocycles. The molecule has 3 atom stereocenters. The van der Waals surface area contributed by atoms with Crippen molar-refractivity contribution in [2.75, 3.05) is 18.4 Å². The highest BCUT2D eigenvalue weighted by atomic mass is 19.4. The Hall–Kier alpha value is -2.09. The standard InChI is InChI=1S/C17H21F3N2O3/c1-9-4-5-12(6-10(9)2)21-15(23)11(3)22-7-13(16(24)25)14(8-22)17(18,19)20/h4-6,11,13-14H,7-8H2,1-3H3,(H,21,23)(H,24,25)/t11?,13-,14-/m1/s1. The summed E-state index contributed by atoms with van der Waals surface area (Å²) in [6.07, 6.45) is -4.61. The molecule has 1 aliphatic heterocycles. The Morgan fingerprint density at radius 3 is 2.36 bits per heavy atom. The van der Waals surface area contributed by atoms with Gasteiger partial charge >= 0.3 is 12.1 Å². The molecule has 1 amide bonds. The number of rotatable bonds is 4. The number of aliphatic carboxylic acids is 1. The van der Waals surface area contributed by atoms with Crippen LogP contribution in [0.4, 0.5) is 18.9 Å². The summed E-state index contributed by atoms with van der Waals surface area (Å²) in [4.78, 5) is 24.7. The molecule has 2 N–H and O–H groups in total. The maximum Gasteiger partial charge on any atom is 0.393 e. The number of hydrogen-bond donors (Lipinski definition) is 2. The number of likely N-dealkylation sites (tertiary alicyclic amines) is 1. The molecular weight excluding hydrogens is 337 g/mol. The van der Waals surface area contributed by atoms with Crippen molar-refractivity contribution in [3.63, 3.8) is 0 Å². The largest absolute Gasteiger partial charge is 0.481 e. The first kappa shape index (κ1) is 19.2. The third-order valence-electron chi connectivity index (χ3n) is 4.79. The first-order valence-electron chi connectivity index (χ1n) is 7.92. The minimum atomic E-state index is -4.61. The van der Waals surface area contributed by atoms with Crippen LogP contribution >= 0.6 is 0 Å². The first-order chi connectivity index (χ1) is 11.5. The van der Waals surface area contributed by atoms with Gasteiger partial charge in [-0.2, -0.15) is 13.2 Å². The van der Waals surface area contributed by atoms with Crippen molar-refractivity contribution >= 4 is 17.6 Å². The van der Waals surface area contributed by atoms with Gasteiger partial charge in [-0.3, -0.25) is 14.5 Å². The van der Waals surface area contributed by atoms with E-state index in [9.17, 15) is 22.8 Å².